The topological polar surface area (TPSA) is 111 Å². The van der Waals surface area contributed by atoms with Crippen molar-refractivity contribution in [3.8, 4) is 0 Å². The molecule has 1 heterocycles. The molecule has 0 saturated heterocycles. The number of carbonyl (C=O) groups excluding carboxylic acids is 3. The number of carbonyl (C=O) groups is 3. The maximum atomic E-state index is 12.2. The predicted octanol–water partition coefficient (Wildman–Crippen LogP) is 0.215. The van der Waals surface area contributed by atoms with Crippen molar-refractivity contribution in [2.75, 3.05) is 0 Å². The van der Waals surface area contributed by atoms with Crippen molar-refractivity contribution in [1.29, 1.82) is 0 Å². The van der Waals surface area contributed by atoms with Crippen LogP contribution >= 0.6 is 15.9 Å². The quantitative estimate of drug-likeness (QED) is 0.740. The lowest BCUT2D eigenvalue weighted by molar-refractivity contribution is -0.314. The number of amides is 2. The summed E-state index contributed by atoms with van der Waals surface area (Å²) >= 11 is 3.07. The number of fused-ring (bicyclic) bond motifs is 2. The molecular weight excluding hydrogens is 356 g/mol. The first-order valence-corrected chi connectivity index (χ1v) is 7.83. The second kappa shape index (κ2) is 5.75. The summed E-state index contributed by atoms with van der Waals surface area (Å²) in [5.41, 5.74) is 4.54. The molecule has 0 spiro atoms. The van der Waals surface area contributed by atoms with Crippen molar-refractivity contribution in [3.63, 3.8) is 0 Å². The fourth-order valence-electron chi connectivity index (χ4n) is 3.71. The van der Waals surface area contributed by atoms with Gasteiger partial charge in [0.05, 0.1) is 5.92 Å². The van der Waals surface area contributed by atoms with E-state index in [0.717, 1.165) is 19.3 Å². The molecule has 0 aliphatic heterocycles. The molecule has 2 aliphatic carbocycles. The fraction of sp³-hybridized carbons (Fsp3) is 0.500. The Kier molecular flexibility index (Phi) is 3.94. The molecule has 3 rings (SSSR count). The van der Waals surface area contributed by atoms with Crippen molar-refractivity contribution in [2.45, 2.75) is 19.3 Å². The van der Waals surface area contributed by atoms with Gasteiger partial charge in [-0.05, 0) is 59.2 Å². The Morgan fingerprint density at radius 1 is 1.14 bits per heavy atom. The minimum Gasteiger partial charge on any atom is -0.550 e. The van der Waals surface area contributed by atoms with Gasteiger partial charge in [-0.15, -0.1) is 0 Å². The summed E-state index contributed by atoms with van der Waals surface area (Å²) in [7, 11) is 0. The molecule has 0 aromatic carbocycles. The normalized spacial score (nSPS) is 29.3. The van der Waals surface area contributed by atoms with Gasteiger partial charge in [-0.2, -0.15) is 0 Å². The number of hydrazine groups is 1. The Balaban J connectivity index is 1.62. The predicted molar refractivity (Wildman–Crippen MR) is 74.8 cm³/mol. The summed E-state index contributed by atoms with van der Waals surface area (Å²) in [4.78, 5) is 35.3. The third-order valence-corrected chi connectivity index (χ3v) is 5.01. The van der Waals surface area contributed by atoms with Gasteiger partial charge in [-0.25, -0.2) is 0 Å². The number of carboxylic acids is 1. The van der Waals surface area contributed by atoms with Gasteiger partial charge in [0.1, 0.15) is 0 Å². The van der Waals surface area contributed by atoms with Crippen molar-refractivity contribution in [3.05, 3.63) is 22.6 Å². The van der Waals surface area contributed by atoms with Gasteiger partial charge in [0.2, 0.25) is 5.91 Å². The van der Waals surface area contributed by atoms with Crippen LogP contribution in [0.2, 0.25) is 0 Å². The SMILES string of the molecule is O=C(NNC(=O)[C@H]1[C@@H]2CC[C@@H](C2)[C@@H]1C(=O)[O-])c1ccc(Br)o1. The molecule has 2 amide bonds. The van der Waals surface area contributed by atoms with Crippen molar-refractivity contribution in [1.82, 2.24) is 10.9 Å². The second-order valence-corrected chi connectivity index (χ2v) is 6.53. The van der Waals surface area contributed by atoms with E-state index in [1.54, 1.807) is 6.07 Å². The highest BCUT2D eigenvalue weighted by atomic mass is 79.9. The van der Waals surface area contributed by atoms with Gasteiger partial charge in [-0.3, -0.25) is 20.4 Å². The van der Waals surface area contributed by atoms with Crippen molar-refractivity contribution in [2.24, 2.45) is 23.7 Å². The summed E-state index contributed by atoms with van der Waals surface area (Å²) in [6.45, 7) is 0. The third-order valence-electron chi connectivity index (χ3n) is 4.59. The maximum absolute atomic E-state index is 12.2. The lowest BCUT2D eigenvalue weighted by atomic mass is 9.79. The Labute approximate surface area is 134 Å². The summed E-state index contributed by atoms with van der Waals surface area (Å²) in [6.07, 6.45) is 2.39. The van der Waals surface area contributed by atoms with E-state index >= 15 is 0 Å². The van der Waals surface area contributed by atoms with Gasteiger partial charge in [0.25, 0.3) is 0 Å². The van der Waals surface area contributed by atoms with Crippen molar-refractivity contribution < 1.29 is 23.9 Å². The van der Waals surface area contributed by atoms with Crippen LogP contribution in [0, 0.1) is 23.7 Å². The van der Waals surface area contributed by atoms with E-state index in [1.165, 1.54) is 6.07 Å². The fourth-order valence-corrected chi connectivity index (χ4v) is 4.01. The van der Waals surface area contributed by atoms with Crippen LogP contribution in [0.15, 0.2) is 21.2 Å². The average Bonchev–Trinajstić information content (AvgIpc) is 3.18. The summed E-state index contributed by atoms with van der Waals surface area (Å²) in [6, 6.07) is 3.01. The molecule has 0 radical (unpaired) electrons. The number of furan rings is 1. The number of rotatable bonds is 3. The molecule has 118 valence electrons. The molecule has 2 aliphatic rings. The summed E-state index contributed by atoms with van der Waals surface area (Å²) in [5.74, 6) is -3.61. The Morgan fingerprint density at radius 3 is 2.41 bits per heavy atom. The van der Waals surface area contributed by atoms with E-state index in [9.17, 15) is 19.5 Å². The smallest absolute Gasteiger partial charge is 0.305 e. The molecular formula is C14H14BrN2O5-. The van der Waals surface area contributed by atoms with E-state index < -0.39 is 29.6 Å². The van der Waals surface area contributed by atoms with Crippen LogP contribution in [-0.4, -0.2) is 17.8 Å². The number of hydrogen-bond acceptors (Lipinski definition) is 5. The molecule has 2 N–H and O–H groups in total. The number of halogens is 1. The first-order valence-electron chi connectivity index (χ1n) is 7.03. The molecule has 8 heteroatoms. The first-order chi connectivity index (χ1) is 10.5. The summed E-state index contributed by atoms with van der Waals surface area (Å²) in [5, 5.41) is 11.3. The molecule has 1 aromatic rings. The van der Waals surface area contributed by atoms with E-state index in [2.05, 4.69) is 26.8 Å². The van der Waals surface area contributed by atoms with E-state index in [-0.39, 0.29) is 17.6 Å². The highest BCUT2D eigenvalue weighted by Crippen LogP contribution is 2.52. The Bertz CT molecular complexity index is 629. The third kappa shape index (κ3) is 2.63. The lowest BCUT2D eigenvalue weighted by Crippen LogP contribution is -2.50. The highest BCUT2D eigenvalue weighted by Gasteiger charge is 2.51. The van der Waals surface area contributed by atoms with Crippen LogP contribution in [0.25, 0.3) is 0 Å². The molecule has 1 aromatic heterocycles. The zero-order chi connectivity index (χ0) is 15.9. The van der Waals surface area contributed by atoms with Crippen LogP contribution in [-0.2, 0) is 9.59 Å². The molecule has 2 bridgehead atoms. The summed E-state index contributed by atoms with van der Waals surface area (Å²) < 4.78 is 5.46. The maximum Gasteiger partial charge on any atom is 0.305 e. The lowest BCUT2D eigenvalue weighted by Gasteiger charge is -2.30. The number of carboxylic acid groups (broad SMARTS) is 1. The van der Waals surface area contributed by atoms with Gasteiger partial charge in [-0.1, -0.05) is 0 Å². The standard InChI is InChI=1S/C14H15BrN2O5/c15-9-4-3-8(22-9)12(18)16-17-13(19)10-6-1-2-7(5-6)11(10)14(20)21/h3-4,6-7,10-11H,1-2,5H2,(H,16,18)(H,17,19)(H,20,21)/p-1/t6-,7+,10+,11+/m1/s1. The zero-order valence-corrected chi connectivity index (χ0v) is 13.1. The first kappa shape index (κ1) is 15.1. The van der Waals surface area contributed by atoms with Crippen LogP contribution in [0.3, 0.4) is 0 Å². The van der Waals surface area contributed by atoms with Gasteiger partial charge in [0, 0.05) is 11.9 Å². The minimum atomic E-state index is -1.19. The monoisotopic (exact) mass is 369 g/mol. The van der Waals surface area contributed by atoms with E-state index in [1.807, 2.05) is 0 Å². The second-order valence-electron chi connectivity index (χ2n) is 5.75. The zero-order valence-electron chi connectivity index (χ0n) is 11.5. The number of nitrogens with one attached hydrogen (secondary N) is 2. The van der Waals surface area contributed by atoms with Crippen LogP contribution in [0.4, 0.5) is 0 Å². The van der Waals surface area contributed by atoms with E-state index in [4.69, 9.17) is 4.42 Å². The van der Waals surface area contributed by atoms with Crippen molar-refractivity contribution >= 4 is 33.7 Å². The largest absolute Gasteiger partial charge is 0.550 e. The minimum absolute atomic E-state index is 0.00230. The van der Waals surface area contributed by atoms with Crippen LogP contribution < -0.4 is 16.0 Å². The molecule has 7 nitrogen and oxygen atoms in total. The molecule has 2 fully saturated rings. The average molecular weight is 370 g/mol. The number of aliphatic carboxylic acids is 1. The number of hydrogen-bond donors (Lipinski definition) is 2. The Morgan fingerprint density at radius 2 is 1.82 bits per heavy atom. The van der Waals surface area contributed by atoms with Crippen LogP contribution in [0.5, 0.6) is 0 Å². The molecule has 0 unspecified atom stereocenters. The molecule has 2 saturated carbocycles. The van der Waals surface area contributed by atoms with Gasteiger partial charge < -0.3 is 14.3 Å². The molecule has 4 atom stereocenters. The Hall–Kier alpha value is -1.83. The highest BCUT2D eigenvalue weighted by molar-refractivity contribution is 9.10. The van der Waals surface area contributed by atoms with E-state index in [0.29, 0.717) is 4.67 Å². The molecule has 22 heavy (non-hydrogen) atoms. The van der Waals surface area contributed by atoms with Gasteiger partial charge >= 0.3 is 5.91 Å². The van der Waals surface area contributed by atoms with Crippen LogP contribution in [0.1, 0.15) is 29.8 Å². The van der Waals surface area contributed by atoms with Gasteiger partial charge in [0.15, 0.2) is 10.4 Å².